The molecule has 2 saturated heterocycles. The number of piperidine rings is 1. The van der Waals surface area contributed by atoms with E-state index in [9.17, 15) is 29.1 Å². The predicted molar refractivity (Wildman–Crippen MR) is 317 cm³/mol. The number of methoxy groups -OCH3 is 3. The molecule has 450 valence electrons. The van der Waals surface area contributed by atoms with E-state index < -0.39 is 88.5 Å². The SMILES string of the molecule is CC[Si](CC)(CC)O[C@@H]1/C(C)=C/[C@@H](C)C(=O)C[C@@H]([C@H](C)C[C@@H]2CC[C@@H](O[Si](CC)(CC)CC)[C@H](OC)C2)OC(=O)[C@@H]2CCCCN2C(=O)C(=O)[C@]2(O)O[C@@H](CC[C@H]2C)CC(OC)/C(C)=C/C=C/C=C/[C@@H](C)C[C@@H](C)C(=O)C1OC. The van der Waals surface area contributed by atoms with Crippen LogP contribution in [0, 0.1) is 35.5 Å². The molecule has 1 saturated carbocycles. The highest BCUT2D eigenvalue weighted by molar-refractivity contribution is 6.74. The lowest BCUT2D eigenvalue weighted by molar-refractivity contribution is -0.265. The Morgan fingerprint density at radius 2 is 1.37 bits per heavy atom. The van der Waals surface area contributed by atoms with Gasteiger partial charge in [0.05, 0.1) is 30.5 Å². The van der Waals surface area contributed by atoms with Gasteiger partial charge in [0, 0.05) is 58.5 Å². The number of cyclic esters (lactones) is 1. The fourth-order valence-corrected chi connectivity index (χ4v) is 18.7. The number of amides is 1. The first-order valence-electron chi connectivity index (χ1n) is 30.7. The van der Waals surface area contributed by atoms with E-state index in [1.165, 1.54) is 4.90 Å². The van der Waals surface area contributed by atoms with Crippen LogP contribution in [0.5, 0.6) is 0 Å². The minimum absolute atomic E-state index is 0.00732. The van der Waals surface area contributed by atoms with E-state index in [2.05, 4.69) is 54.5 Å². The van der Waals surface area contributed by atoms with E-state index in [0.717, 1.165) is 66.7 Å². The van der Waals surface area contributed by atoms with Crippen molar-refractivity contribution in [2.24, 2.45) is 35.5 Å². The molecule has 1 N–H and O–H groups in total. The zero-order valence-corrected chi connectivity index (χ0v) is 53.8. The number of carbonyl (C=O) groups excluding carboxylic acids is 5. The summed E-state index contributed by atoms with van der Waals surface area (Å²) in [7, 11) is 0.662. The maximum absolute atomic E-state index is 14.9. The molecule has 1 aliphatic carbocycles. The Morgan fingerprint density at radius 1 is 0.722 bits per heavy atom. The number of esters is 1. The zero-order valence-electron chi connectivity index (χ0n) is 51.8. The predicted octanol–water partition coefficient (Wildman–Crippen LogP) is 12.2. The number of hydrogen-bond acceptors (Lipinski definition) is 13. The number of allylic oxidation sites excluding steroid dienone is 6. The largest absolute Gasteiger partial charge is 0.460 e. The summed E-state index contributed by atoms with van der Waals surface area (Å²) in [5.41, 5.74) is 1.64. The molecular formula is C63H107NO13Si2. The summed E-state index contributed by atoms with van der Waals surface area (Å²) in [4.78, 5) is 74.6. The van der Waals surface area contributed by atoms with Gasteiger partial charge in [-0.1, -0.05) is 113 Å². The number of rotatable bonds is 16. The molecule has 3 aliphatic heterocycles. The van der Waals surface area contributed by atoms with Crippen molar-refractivity contribution < 1.29 is 61.6 Å². The highest BCUT2D eigenvalue weighted by Crippen LogP contribution is 2.40. The van der Waals surface area contributed by atoms with Crippen molar-refractivity contribution >= 4 is 45.9 Å². The molecule has 4 aliphatic rings. The van der Waals surface area contributed by atoms with Gasteiger partial charge in [0.1, 0.15) is 24.0 Å². The fourth-order valence-electron chi connectivity index (χ4n) is 13.0. The number of fused-ring (bicyclic) bond motifs is 3. The highest BCUT2D eigenvalue weighted by atomic mass is 28.4. The fraction of sp³-hybridized carbons (Fsp3) is 0.794. The van der Waals surface area contributed by atoms with E-state index in [1.807, 2.05) is 65.0 Å². The first kappa shape index (κ1) is 68.6. The molecular weight excluding hydrogens is 1030 g/mol. The third kappa shape index (κ3) is 18.0. The highest BCUT2D eigenvalue weighted by Gasteiger charge is 2.53. The molecule has 3 heterocycles. The lowest BCUT2D eigenvalue weighted by atomic mass is 9.78. The van der Waals surface area contributed by atoms with E-state index >= 15 is 0 Å². The molecule has 3 fully saturated rings. The van der Waals surface area contributed by atoms with Crippen molar-refractivity contribution in [1.82, 2.24) is 4.90 Å². The molecule has 79 heavy (non-hydrogen) atoms. The summed E-state index contributed by atoms with van der Waals surface area (Å²) in [5, 5.41) is 12.1. The Labute approximate surface area is 479 Å². The minimum atomic E-state index is -2.42. The van der Waals surface area contributed by atoms with Crippen molar-refractivity contribution in [2.75, 3.05) is 27.9 Å². The van der Waals surface area contributed by atoms with Crippen molar-refractivity contribution in [1.29, 1.82) is 0 Å². The second kappa shape index (κ2) is 32.2. The monoisotopic (exact) mass is 1140 g/mol. The number of hydrogen-bond donors (Lipinski definition) is 1. The van der Waals surface area contributed by atoms with Crippen LogP contribution >= 0.6 is 0 Å². The first-order chi connectivity index (χ1) is 37.5. The number of ketones is 3. The molecule has 0 aromatic carbocycles. The van der Waals surface area contributed by atoms with E-state index in [0.29, 0.717) is 44.9 Å². The quantitative estimate of drug-likeness (QED) is 0.0670. The van der Waals surface area contributed by atoms with Crippen LogP contribution in [0.1, 0.15) is 167 Å². The summed E-state index contributed by atoms with van der Waals surface area (Å²) in [6, 6.07) is 4.59. The maximum Gasteiger partial charge on any atom is 0.329 e. The Morgan fingerprint density at radius 3 is 1.97 bits per heavy atom. The summed E-state index contributed by atoms with van der Waals surface area (Å²) in [6.07, 6.45) is 14.5. The first-order valence-corrected chi connectivity index (χ1v) is 35.7. The third-order valence-corrected chi connectivity index (χ3v) is 28.4. The molecule has 2 bridgehead atoms. The topological polar surface area (TPSA) is 173 Å². The molecule has 0 aromatic heterocycles. The minimum Gasteiger partial charge on any atom is -0.460 e. The molecule has 0 radical (unpaired) electrons. The van der Waals surface area contributed by atoms with Crippen LogP contribution < -0.4 is 0 Å². The zero-order chi connectivity index (χ0) is 58.8. The van der Waals surface area contributed by atoms with Crippen LogP contribution in [0.2, 0.25) is 36.3 Å². The van der Waals surface area contributed by atoms with E-state index in [1.54, 1.807) is 28.3 Å². The van der Waals surface area contributed by atoms with Crippen molar-refractivity contribution in [3.05, 3.63) is 47.6 Å². The third-order valence-electron chi connectivity index (χ3n) is 19.1. The maximum atomic E-state index is 14.9. The van der Waals surface area contributed by atoms with E-state index in [4.69, 9.17) is 32.5 Å². The standard InChI is InChI=1S/C63H107NO13Si2/c1-17-78(18-2,19-3)76-53-34-32-49(39-56(53)72-15)38-45(10)55-41-52(65)44(9)37-47(12)58(77-79(20-4,21-5)22-6)59(73-16)57(66)46(11)36-42(7)28-24-23-25-29-43(8)54(71-14)40-50-33-31-48(13)63(70,75-50)60(67)61(68)64-35-27-26-30-51(64)62(69)74-55/h23-25,28-29,37,42,44-46,48-51,53-56,58-59,70H,17-22,26-27,30-36,38-41H2,1-16H3/b25-23+,28-24+,43-29+,47-37+/t42-,44-,45-,46-,48-,49+,50+,51+,53-,54?,55+,56-,58-,59?,63-/m1/s1. The molecule has 2 unspecified atom stereocenters. The lowest BCUT2D eigenvalue weighted by Crippen LogP contribution is -2.61. The molecule has 0 spiro atoms. The number of nitrogens with zero attached hydrogens (tertiary/aromatic N) is 1. The Bertz CT molecular complexity index is 2080. The van der Waals surface area contributed by atoms with Gasteiger partial charge in [0.2, 0.25) is 5.79 Å². The van der Waals surface area contributed by atoms with Gasteiger partial charge in [0.15, 0.2) is 22.4 Å². The molecule has 4 rings (SSSR count). The smallest absolute Gasteiger partial charge is 0.329 e. The van der Waals surface area contributed by atoms with Crippen LogP contribution in [0.4, 0.5) is 0 Å². The van der Waals surface area contributed by atoms with Gasteiger partial charge in [-0.3, -0.25) is 19.2 Å². The summed E-state index contributed by atoms with van der Waals surface area (Å²) in [5.74, 6) is -7.15. The second-order valence-corrected chi connectivity index (χ2v) is 33.7. The summed E-state index contributed by atoms with van der Waals surface area (Å²) < 4.78 is 45.2. The molecule has 15 atom stereocenters. The van der Waals surface area contributed by atoms with Crippen molar-refractivity contribution in [2.45, 2.75) is 258 Å². The van der Waals surface area contributed by atoms with Gasteiger partial charge in [-0.15, -0.1) is 0 Å². The van der Waals surface area contributed by atoms with Crippen molar-refractivity contribution in [3.63, 3.8) is 0 Å². The van der Waals surface area contributed by atoms with Gasteiger partial charge >= 0.3 is 5.97 Å². The van der Waals surface area contributed by atoms with Crippen LogP contribution in [-0.4, -0.2) is 138 Å². The molecule has 16 heteroatoms. The summed E-state index contributed by atoms with van der Waals surface area (Å²) in [6.45, 7) is 26.8. The number of ether oxygens (including phenoxy) is 5. The summed E-state index contributed by atoms with van der Waals surface area (Å²) >= 11 is 0. The average Bonchev–Trinajstić information content (AvgIpc) is 3.45. The number of carbonyl (C=O) groups is 5. The van der Waals surface area contributed by atoms with Crippen LogP contribution in [0.3, 0.4) is 0 Å². The number of Topliss-reactive ketones (excluding diaryl/α,β-unsaturated/α-hetero) is 3. The lowest BCUT2D eigenvalue weighted by Gasteiger charge is -2.43. The Hall–Kier alpha value is -2.94. The normalized spacial score (nSPS) is 35.8. The second-order valence-electron chi connectivity index (χ2n) is 24.3. The molecule has 0 aromatic rings. The van der Waals surface area contributed by atoms with Gasteiger partial charge in [-0.2, -0.15) is 0 Å². The van der Waals surface area contributed by atoms with Crippen molar-refractivity contribution in [3.8, 4) is 0 Å². The van der Waals surface area contributed by atoms with Gasteiger partial charge in [0.25, 0.3) is 11.7 Å². The molecule has 14 nitrogen and oxygen atoms in total. The van der Waals surface area contributed by atoms with Gasteiger partial charge in [-0.25, -0.2) is 4.79 Å². The molecule has 1 amide bonds. The average molecular weight is 1140 g/mol. The van der Waals surface area contributed by atoms with Crippen LogP contribution in [0.15, 0.2) is 47.6 Å². The Kier molecular flexibility index (Phi) is 28.0. The van der Waals surface area contributed by atoms with Crippen LogP contribution in [0.25, 0.3) is 0 Å². The Balaban J connectivity index is 1.80. The van der Waals surface area contributed by atoms with E-state index in [-0.39, 0.29) is 66.8 Å². The van der Waals surface area contributed by atoms with Crippen LogP contribution in [-0.2, 0) is 56.5 Å². The number of aliphatic hydroxyl groups is 1. The van der Waals surface area contributed by atoms with Gasteiger partial charge in [-0.05, 0) is 143 Å². The van der Waals surface area contributed by atoms with Gasteiger partial charge < -0.3 is 42.5 Å².